The maximum absolute atomic E-state index is 3.74. The molecule has 0 aromatic rings. The van der Waals surface area contributed by atoms with Crippen molar-refractivity contribution in [3.63, 3.8) is 0 Å². The maximum atomic E-state index is 3.74. The first-order valence-corrected chi connectivity index (χ1v) is 8.94. The van der Waals surface area contributed by atoms with E-state index in [1.807, 2.05) is 44.3 Å². The van der Waals surface area contributed by atoms with Crippen molar-refractivity contribution in [1.29, 1.82) is 0 Å². The monoisotopic (exact) mass is 399 g/mol. The Bertz CT molecular complexity index is 61.3. The van der Waals surface area contributed by atoms with Gasteiger partial charge in [0.05, 0.1) is 0 Å². The molecule has 0 aliphatic carbocycles. The van der Waals surface area contributed by atoms with E-state index in [1.165, 1.54) is 17.9 Å². The summed E-state index contributed by atoms with van der Waals surface area (Å²) in [6.45, 7) is 20.2. The normalized spacial score (nSPS) is 6.60. The summed E-state index contributed by atoms with van der Waals surface area (Å²) in [5, 5.41) is 0. The third kappa shape index (κ3) is 151. The molecule has 0 aliphatic heterocycles. The first-order chi connectivity index (χ1) is 8.16. The average Bonchev–Trinajstić information content (AvgIpc) is 2.28. The van der Waals surface area contributed by atoms with Gasteiger partial charge in [0.25, 0.3) is 0 Å². The Hall–Kier alpha value is 1.80. The molecule has 0 aromatic heterocycles. The summed E-state index contributed by atoms with van der Waals surface area (Å²) < 4.78 is 0. The van der Waals surface area contributed by atoms with Crippen LogP contribution >= 0.6 is 23.5 Å². The zero-order valence-electron chi connectivity index (χ0n) is 13.2. The van der Waals surface area contributed by atoms with E-state index < -0.39 is 0 Å². The zero-order chi connectivity index (χ0) is 14.4. The van der Waals surface area contributed by atoms with Crippen LogP contribution in [0.3, 0.4) is 0 Å². The topological polar surface area (TPSA) is 0 Å². The van der Waals surface area contributed by atoms with E-state index in [2.05, 4.69) is 34.0 Å². The van der Waals surface area contributed by atoms with E-state index in [9.17, 15) is 0 Å². The van der Waals surface area contributed by atoms with Gasteiger partial charge in [0.1, 0.15) is 0 Å². The van der Waals surface area contributed by atoms with Gasteiger partial charge in [-0.05, 0) is 24.2 Å². The second-order valence-corrected chi connectivity index (χ2v) is 5.17. The van der Waals surface area contributed by atoms with Gasteiger partial charge in [-0.25, -0.2) is 0 Å². The van der Waals surface area contributed by atoms with Gasteiger partial charge in [-0.1, -0.05) is 35.6 Å². The predicted molar refractivity (Wildman–Crippen MR) is 106 cm³/mol. The molecule has 0 aromatic carbocycles. The summed E-state index contributed by atoms with van der Waals surface area (Å²) in [6, 6.07) is 0. The zero-order valence-corrected chi connectivity index (χ0v) is 17.6. The van der Waals surface area contributed by atoms with Crippen molar-refractivity contribution in [2.45, 2.75) is 61.3 Å². The molecule has 0 nitrogen and oxygen atoms in total. The number of rotatable bonds is 5. The van der Waals surface area contributed by atoms with Gasteiger partial charge in [0, 0.05) is 32.7 Å². The van der Waals surface area contributed by atoms with E-state index in [1.54, 1.807) is 0 Å². The van der Waals surface area contributed by atoms with Gasteiger partial charge >= 0.3 is 0 Å². The summed E-state index contributed by atoms with van der Waals surface area (Å²) in [7, 11) is 0. The van der Waals surface area contributed by atoms with Gasteiger partial charge in [0.15, 0.2) is 0 Å². The van der Waals surface area contributed by atoms with Crippen LogP contribution in [-0.2, 0) is 32.7 Å². The SMILES string of the molecule is C.C.[CH2-]CC.[CH2-]CC.[CH2-]CC.[CH2-]CSCCCSC.[Y]. The molecule has 0 amide bonds. The molecule has 1 radical (unpaired) electrons. The Morgan fingerprint density at radius 3 is 1.25 bits per heavy atom. The summed E-state index contributed by atoms with van der Waals surface area (Å²) >= 11 is 3.84. The van der Waals surface area contributed by atoms with Crippen LogP contribution < -0.4 is 0 Å². The maximum Gasteiger partial charge on any atom is 0 e. The van der Waals surface area contributed by atoms with Crippen molar-refractivity contribution in [2.24, 2.45) is 0 Å². The van der Waals surface area contributed by atoms with E-state index in [0.29, 0.717) is 0 Å². The van der Waals surface area contributed by atoms with Crippen molar-refractivity contribution in [2.75, 3.05) is 23.5 Å². The van der Waals surface area contributed by atoms with Crippen LogP contribution in [0.25, 0.3) is 0 Å². The van der Waals surface area contributed by atoms with E-state index >= 15 is 0 Å². The fourth-order valence-corrected chi connectivity index (χ4v) is 1.58. The molecule has 0 heterocycles. The van der Waals surface area contributed by atoms with Gasteiger partial charge in [-0.15, -0.1) is 5.75 Å². The number of hydrogen-bond acceptors (Lipinski definition) is 2. The van der Waals surface area contributed by atoms with Gasteiger partial charge in [0.2, 0.25) is 0 Å². The fraction of sp³-hybridized carbons (Fsp3) is 0.765. The second-order valence-electron chi connectivity index (χ2n) is 2.96. The number of thioether (sulfide) groups is 2. The van der Waals surface area contributed by atoms with Crippen molar-refractivity contribution >= 4 is 23.5 Å². The summed E-state index contributed by atoms with van der Waals surface area (Å²) in [4.78, 5) is 0. The van der Waals surface area contributed by atoms with Gasteiger partial charge in [-0.3, -0.25) is 0 Å². The molecule has 0 saturated heterocycles. The molecular weight excluding hydrogens is 357 g/mol. The fourth-order valence-electron chi connectivity index (χ4n) is 0.407. The van der Waals surface area contributed by atoms with E-state index in [4.69, 9.17) is 0 Å². The van der Waals surface area contributed by atoms with Crippen LogP contribution in [0.2, 0.25) is 0 Å². The van der Waals surface area contributed by atoms with E-state index in [0.717, 1.165) is 25.0 Å². The van der Waals surface area contributed by atoms with Crippen LogP contribution in [0.15, 0.2) is 0 Å². The largest absolute Gasteiger partial charge is 0.344 e. The molecule has 0 unspecified atom stereocenters. The third-order valence-corrected chi connectivity index (χ3v) is 2.34. The van der Waals surface area contributed by atoms with Gasteiger partial charge < -0.3 is 27.7 Å². The molecule has 0 rings (SSSR count). The first-order valence-electron chi connectivity index (χ1n) is 6.40. The molecular formula is C17H42S2Y-4. The second kappa shape index (κ2) is 69.9. The van der Waals surface area contributed by atoms with Crippen molar-refractivity contribution in [1.82, 2.24) is 0 Å². The molecule has 0 aliphatic rings. The van der Waals surface area contributed by atoms with Crippen LogP contribution in [0.5, 0.6) is 0 Å². The van der Waals surface area contributed by atoms with Crippen LogP contribution in [0.4, 0.5) is 0 Å². The molecule has 0 fully saturated rings. The molecule has 0 bridgehead atoms. The molecule has 20 heavy (non-hydrogen) atoms. The van der Waals surface area contributed by atoms with Crippen molar-refractivity contribution in [3.05, 3.63) is 27.7 Å². The summed E-state index contributed by atoms with van der Waals surface area (Å²) in [5.41, 5.74) is 0. The Morgan fingerprint density at radius 2 is 1.05 bits per heavy atom. The molecule has 0 atom stereocenters. The standard InChI is InChI=1S/C6H13S2.3C3H7.2CH4.Y/c1-3-8-6-4-5-7-2;3*1-3-2;;;/h1,3-6H2,2H3;3*1,3H2,2H3;2*1H4;/q4*-1;;;. The predicted octanol–water partition coefficient (Wildman–Crippen LogP) is 7.27. The molecule has 129 valence electrons. The molecule has 0 N–H and O–H groups in total. The van der Waals surface area contributed by atoms with Gasteiger partial charge in [-0.2, -0.15) is 42.8 Å². The minimum atomic E-state index is 0. The first kappa shape index (κ1) is 43.1. The van der Waals surface area contributed by atoms with Crippen molar-refractivity contribution < 1.29 is 32.7 Å². The van der Waals surface area contributed by atoms with Crippen LogP contribution in [0.1, 0.15) is 61.3 Å². The van der Waals surface area contributed by atoms with E-state index in [-0.39, 0.29) is 47.6 Å². The van der Waals surface area contributed by atoms with Crippen LogP contribution in [0, 0.1) is 27.7 Å². The molecule has 3 heteroatoms. The Kier molecular flexibility index (Phi) is 150. The Balaban J connectivity index is -0.0000000243. The summed E-state index contributed by atoms with van der Waals surface area (Å²) in [6.07, 6.45) is 6.48. The average molecular weight is 400 g/mol. The van der Waals surface area contributed by atoms with Crippen LogP contribution in [-0.4, -0.2) is 23.5 Å². The Labute approximate surface area is 167 Å². The third-order valence-electron chi connectivity index (χ3n) is 0.781. The minimum Gasteiger partial charge on any atom is -0.344 e. The quantitative estimate of drug-likeness (QED) is 0.352. The Morgan fingerprint density at radius 1 is 0.750 bits per heavy atom. The summed E-state index contributed by atoms with van der Waals surface area (Å²) in [5.74, 6) is 3.60. The smallest absolute Gasteiger partial charge is 0 e. The molecule has 0 spiro atoms. The van der Waals surface area contributed by atoms with Crippen molar-refractivity contribution in [3.8, 4) is 0 Å². The number of hydrogen-bond donors (Lipinski definition) is 0. The molecule has 0 saturated carbocycles. The minimum absolute atomic E-state index is 0.